The van der Waals surface area contributed by atoms with E-state index < -0.39 is 53.6 Å². The number of nitrogens with one attached hydrogen (secondary N) is 2. The highest BCUT2D eigenvalue weighted by Crippen LogP contribution is 2.31. The summed E-state index contributed by atoms with van der Waals surface area (Å²) in [7, 11) is 0. The van der Waals surface area contributed by atoms with E-state index in [1.807, 2.05) is 4.90 Å². The van der Waals surface area contributed by atoms with Crippen molar-refractivity contribution in [2.45, 2.75) is 32.0 Å². The SMILES string of the molecule is O=C(Nc1ccc(Cl)cc1N1CCN(CCC(F)(F)F)CC1)c1ccc(CNC(=O)C2CCN(C(=O)O)CC2)c(F)c1F. The fourth-order valence-corrected chi connectivity index (χ4v) is 5.29. The quantitative estimate of drug-likeness (QED) is 0.356. The van der Waals surface area contributed by atoms with Crippen LogP contribution in [-0.4, -0.2) is 84.8 Å². The molecule has 0 radical (unpaired) electrons. The maximum Gasteiger partial charge on any atom is 0.407 e. The first-order chi connectivity index (χ1) is 20.3. The Morgan fingerprint density at radius 2 is 1.63 bits per heavy atom. The fraction of sp³-hybridized carbons (Fsp3) is 0.464. The van der Waals surface area contributed by atoms with Crippen molar-refractivity contribution in [3.8, 4) is 0 Å². The molecule has 9 nitrogen and oxygen atoms in total. The Bertz CT molecular complexity index is 1350. The van der Waals surface area contributed by atoms with Gasteiger partial charge in [-0.2, -0.15) is 13.2 Å². The topological polar surface area (TPSA) is 105 Å². The van der Waals surface area contributed by atoms with Crippen LogP contribution >= 0.6 is 11.6 Å². The molecule has 3 amide bonds. The number of hydrogen-bond donors (Lipinski definition) is 3. The molecule has 43 heavy (non-hydrogen) atoms. The molecule has 15 heteroatoms. The van der Waals surface area contributed by atoms with Crippen LogP contribution in [0.4, 0.5) is 38.1 Å². The number of likely N-dealkylation sites (tertiary alicyclic amines) is 1. The smallest absolute Gasteiger partial charge is 0.407 e. The number of carboxylic acid groups (broad SMARTS) is 1. The molecule has 4 rings (SSSR count). The molecular formula is C28H31ClF5N5O4. The van der Waals surface area contributed by atoms with Gasteiger partial charge >= 0.3 is 12.3 Å². The van der Waals surface area contributed by atoms with Crippen LogP contribution < -0.4 is 15.5 Å². The summed E-state index contributed by atoms with van der Waals surface area (Å²) in [6, 6.07) is 6.90. The Morgan fingerprint density at radius 1 is 0.953 bits per heavy atom. The van der Waals surface area contributed by atoms with E-state index >= 15 is 4.39 Å². The third kappa shape index (κ3) is 8.47. The van der Waals surface area contributed by atoms with Crippen molar-refractivity contribution in [1.29, 1.82) is 0 Å². The predicted molar refractivity (Wildman–Crippen MR) is 149 cm³/mol. The number of alkyl halides is 3. The lowest BCUT2D eigenvalue weighted by Crippen LogP contribution is -2.47. The number of piperazine rings is 1. The second-order valence-electron chi connectivity index (χ2n) is 10.5. The summed E-state index contributed by atoms with van der Waals surface area (Å²) in [6.45, 7) is 1.41. The molecule has 2 aromatic rings. The molecular weight excluding hydrogens is 601 g/mol. The fourth-order valence-electron chi connectivity index (χ4n) is 5.12. The van der Waals surface area contributed by atoms with Crippen molar-refractivity contribution >= 4 is 40.9 Å². The Kier molecular flexibility index (Phi) is 10.3. The van der Waals surface area contributed by atoms with Crippen molar-refractivity contribution < 1.29 is 41.4 Å². The Hall–Kier alpha value is -3.65. The van der Waals surface area contributed by atoms with Crippen LogP contribution in [0.5, 0.6) is 0 Å². The number of amides is 3. The molecule has 0 bridgehead atoms. The van der Waals surface area contributed by atoms with Crippen molar-refractivity contribution in [3.63, 3.8) is 0 Å². The molecule has 0 aliphatic carbocycles. The monoisotopic (exact) mass is 631 g/mol. The van der Waals surface area contributed by atoms with Gasteiger partial charge in [0.15, 0.2) is 11.6 Å². The van der Waals surface area contributed by atoms with Gasteiger partial charge < -0.3 is 25.5 Å². The molecule has 2 fully saturated rings. The molecule has 2 aromatic carbocycles. The zero-order valence-corrected chi connectivity index (χ0v) is 23.8. The van der Waals surface area contributed by atoms with Gasteiger partial charge in [0, 0.05) is 68.9 Å². The highest BCUT2D eigenvalue weighted by atomic mass is 35.5. The van der Waals surface area contributed by atoms with E-state index in [2.05, 4.69) is 10.6 Å². The molecule has 2 heterocycles. The first kappa shape index (κ1) is 32.3. The average Bonchev–Trinajstić information content (AvgIpc) is 2.97. The van der Waals surface area contributed by atoms with Crippen molar-refractivity contribution in [1.82, 2.24) is 15.1 Å². The molecule has 2 saturated heterocycles. The van der Waals surface area contributed by atoms with Crippen LogP contribution in [-0.2, 0) is 11.3 Å². The van der Waals surface area contributed by atoms with Gasteiger partial charge in [-0.25, -0.2) is 13.6 Å². The highest BCUT2D eigenvalue weighted by Gasteiger charge is 2.30. The van der Waals surface area contributed by atoms with Gasteiger partial charge in [0.1, 0.15) is 0 Å². The minimum absolute atomic E-state index is 0.118. The summed E-state index contributed by atoms with van der Waals surface area (Å²) in [5.41, 5.74) is 0.0291. The van der Waals surface area contributed by atoms with Crippen LogP contribution in [0.2, 0.25) is 5.02 Å². The normalized spacial score (nSPS) is 16.7. The van der Waals surface area contributed by atoms with E-state index in [0.29, 0.717) is 49.7 Å². The van der Waals surface area contributed by atoms with Gasteiger partial charge in [0.25, 0.3) is 5.91 Å². The zero-order chi connectivity index (χ0) is 31.3. The summed E-state index contributed by atoms with van der Waals surface area (Å²) in [4.78, 5) is 41.3. The lowest BCUT2D eigenvalue weighted by molar-refractivity contribution is -0.138. The molecule has 2 aliphatic heterocycles. The second kappa shape index (κ2) is 13.8. The zero-order valence-electron chi connectivity index (χ0n) is 23.0. The summed E-state index contributed by atoms with van der Waals surface area (Å²) in [5, 5.41) is 14.5. The molecule has 234 valence electrons. The number of halogens is 6. The van der Waals surface area contributed by atoms with Crippen LogP contribution in [0, 0.1) is 17.6 Å². The van der Waals surface area contributed by atoms with Crippen molar-refractivity contribution in [3.05, 3.63) is 58.1 Å². The van der Waals surface area contributed by atoms with Gasteiger partial charge in [-0.15, -0.1) is 0 Å². The van der Waals surface area contributed by atoms with Crippen LogP contribution in [0.25, 0.3) is 0 Å². The van der Waals surface area contributed by atoms with Crippen molar-refractivity contribution in [2.24, 2.45) is 5.92 Å². The van der Waals surface area contributed by atoms with Gasteiger partial charge in [0.05, 0.1) is 23.4 Å². The summed E-state index contributed by atoms with van der Waals surface area (Å²) in [5.74, 6) is -4.47. The highest BCUT2D eigenvalue weighted by molar-refractivity contribution is 6.31. The first-order valence-corrected chi connectivity index (χ1v) is 14.1. The first-order valence-electron chi connectivity index (χ1n) is 13.7. The average molecular weight is 632 g/mol. The molecule has 0 spiro atoms. The summed E-state index contributed by atoms with van der Waals surface area (Å²) in [6.07, 6.45) is -5.59. The molecule has 3 N–H and O–H groups in total. The van der Waals surface area contributed by atoms with Gasteiger partial charge in [-0.1, -0.05) is 17.7 Å². The summed E-state index contributed by atoms with van der Waals surface area (Å²) >= 11 is 6.16. The minimum atomic E-state index is -4.24. The van der Waals surface area contributed by atoms with Crippen LogP contribution in [0.15, 0.2) is 30.3 Å². The molecule has 0 aromatic heterocycles. The van der Waals surface area contributed by atoms with Crippen molar-refractivity contribution in [2.75, 3.05) is 56.0 Å². The Balaban J connectivity index is 1.37. The lowest BCUT2D eigenvalue weighted by Gasteiger charge is -2.37. The number of rotatable bonds is 8. The Morgan fingerprint density at radius 3 is 2.26 bits per heavy atom. The van der Waals surface area contributed by atoms with E-state index in [4.69, 9.17) is 16.7 Å². The van der Waals surface area contributed by atoms with Crippen LogP contribution in [0.3, 0.4) is 0 Å². The van der Waals surface area contributed by atoms with Crippen LogP contribution in [0.1, 0.15) is 35.2 Å². The predicted octanol–water partition coefficient (Wildman–Crippen LogP) is 4.95. The second-order valence-corrected chi connectivity index (χ2v) is 10.9. The van der Waals surface area contributed by atoms with Gasteiger partial charge in [-0.3, -0.25) is 14.5 Å². The largest absolute Gasteiger partial charge is 0.465 e. The third-order valence-electron chi connectivity index (χ3n) is 7.63. The Labute approximate surface area is 249 Å². The van der Waals surface area contributed by atoms with Gasteiger partial charge in [-0.05, 0) is 37.1 Å². The number of piperidine rings is 1. The maximum absolute atomic E-state index is 15.0. The number of hydrogen-bond acceptors (Lipinski definition) is 5. The van der Waals surface area contributed by atoms with E-state index in [1.54, 1.807) is 11.0 Å². The standard InChI is InChI=1S/C28H31ClF5N5O4/c29-19-2-4-21(22(15-19)38-13-11-37(12-14-38)10-7-28(32,33)34)36-26(41)20-3-1-18(23(30)24(20)31)16-35-25(40)17-5-8-39(9-6-17)27(42)43/h1-4,15,17H,5-14,16H2,(H,35,40)(H,36,41)(H,42,43). The molecule has 0 unspecified atom stereocenters. The van der Waals surface area contributed by atoms with Gasteiger partial charge in [0.2, 0.25) is 5.91 Å². The minimum Gasteiger partial charge on any atom is -0.465 e. The number of nitrogens with zero attached hydrogens (tertiary/aromatic N) is 3. The maximum atomic E-state index is 15.0. The molecule has 0 atom stereocenters. The number of carbonyl (C=O) groups is 3. The third-order valence-corrected chi connectivity index (χ3v) is 7.86. The van der Waals surface area contributed by atoms with E-state index in [-0.39, 0.29) is 37.4 Å². The lowest BCUT2D eigenvalue weighted by atomic mass is 9.96. The number of benzene rings is 2. The molecule has 2 aliphatic rings. The van der Waals surface area contributed by atoms with E-state index in [9.17, 15) is 31.9 Å². The summed E-state index contributed by atoms with van der Waals surface area (Å²) < 4.78 is 67.7. The van der Waals surface area contributed by atoms with E-state index in [1.165, 1.54) is 23.1 Å². The molecule has 0 saturated carbocycles. The van der Waals surface area contributed by atoms with E-state index in [0.717, 1.165) is 6.07 Å². The number of carbonyl (C=O) groups excluding carboxylic acids is 2. The number of anilines is 2.